The Morgan fingerprint density at radius 3 is 1.54 bits per heavy atom. The quantitative estimate of drug-likeness (QED) is 0.610. The minimum absolute atomic E-state index is 0.141. The van der Waals surface area contributed by atoms with E-state index in [-0.39, 0.29) is 5.41 Å². The molecule has 1 aromatic heterocycles. The van der Waals surface area contributed by atoms with Crippen molar-refractivity contribution in [3.05, 3.63) is 22.8 Å². The number of hydrogen-bond donors (Lipinski definition) is 0. The zero-order chi connectivity index (χ0) is 10.2. The molecule has 1 heterocycles. The topological polar surface area (TPSA) is 25.8 Å². The van der Waals surface area contributed by atoms with Gasteiger partial charge in [-0.05, 0) is 31.7 Å². The second-order valence-corrected chi connectivity index (χ2v) is 4.57. The van der Waals surface area contributed by atoms with E-state index < -0.39 is 0 Å². The summed E-state index contributed by atoms with van der Waals surface area (Å²) >= 11 is 0. The van der Waals surface area contributed by atoms with E-state index in [0.29, 0.717) is 0 Å². The first kappa shape index (κ1) is 10.2. The normalized spacial score (nSPS) is 11.8. The van der Waals surface area contributed by atoms with Crippen LogP contribution < -0.4 is 0 Å². The molecule has 0 saturated carbocycles. The molecule has 13 heavy (non-hydrogen) atoms. The summed E-state index contributed by atoms with van der Waals surface area (Å²) in [7, 11) is 0. The molecule has 72 valence electrons. The smallest absolute Gasteiger partial charge is 0.125 e. The van der Waals surface area contributed by atoms with Crippen LogP contribution in [0.15, 0.2) is 0 Å². The summed E-state index contributed by atoms with van der Waals surface area (Å²) in [5.74, 6) is 0.864. The Hall–Kier alpha value is -0.920. The summed E-state index contributed by atoms with van der Waals surface area (Å²) in [5, 5.41) is 0. The Bertz CT molecular complexity index is 298. The summed E-state index contributed by atoms with van der Waals surface area (Å²) in [4.78, 5) is 8.78. The van der Waals surface area contributed by atoms with Crippen LogP contribution in [-0.2, 0) is 5.41 Å². The van der Waals surface area contributed by atoms with Gasteiger partial charge in [-0.25, -0.2) is 9.97 Å². The molecule has 0 atom stereocenters. The molecule has 0 amide bonds. The van der Waals surface area contributed by atoms with Crippen LogP contribution >= 0.6 is 0 Å². The van der Waals surface area contributed by atoms with Crippen LogP contribution in [0.3, 0.4) is 0 Å². The summed E-state index contributed by atoms with van der Waals surface area (Å²) in [6.07, 6.45) is 0. The minimum atomic E-state index is 0.141. The highest BCUT2D eigenvalue weighted by atomic mass is 14.9. The van der Waals surface area contributed by atoms with Gasteiger partial charge in [0.25, 0.3) is 0 Å². The monoisotopic (exact) mass is 178 g/mol. The molecule has 0 aliphatic rings. The lowest BCUT2D eigenvalue weighted by Gasteiger charge is -2.22. The van der Waals surface area contributed by atoms with E-state index in [9.17, 15) is 0 Å². The van der Waals surface area contributed by atoms with E-state index in [0.717, 1.165) is 17.2 Å². The van der Waals surface area contributed by atoms with Crippen molar-refractivity contribution in [2.24, 2.45) is 0 Å². The summed E-state index contributed by atoms with van der Waals surface area (Å²) in [6, 6.07) is 0. The summed E-state index contributed by atoms with van der Waals surface area (Å²) in [5.41, 5.74) is 3.63. The molecular weight excluding hydrogens is 160 g/mol. The highest BCUT2D eigenvalue weighted by Crippen LogP contribution is 2.26. The van der Waals surface area contributed by atoms with E-state index in [1.165, 1.54) is 5.56 Å². The SMILES string of the molecule is Cc1nc(C)c(C(C)(C)C)c(C)n1. The molecule has 0 spiro atoms. The van der Waals surface area contributed by atoms with Gasteiger partial charge < -0.3 is 0 Å². The van der Waals surface area contributed by atoms with Crippen molar-refractivity contribution in [3.8, 4) is 0 Å². The van der Waals surface area contributed by atoms with Crippen LogP contribution in [0.1, 0.15) is 43.5 Å². The molecule has 1 aromatic rings. The average molecular weight is 178 g/mol. The zero-order valence-corrected chi connectivity index (χ0v) is 9.39. The molecule has 0 saturated heterocycles. The maximum Gasteiger partial charge on any atom is 0.125 e. The lowest BCUT2D eigenvalue weighted by Crippen LogP contribution is -2.17. The number of rotatable bonds is 0. The minimum Gasteiger partial charge on any atom is -0.238 e. The molecule has 0 aliphatic heterocycles. The van der Waals surface area contributed by atoms with Gasteiger partial charge in [0.1, 0.15) is 5.82 Å². The van der Waals surface area contributed by atoms with Crippen LogP contribution in [0.25, 0.3) is 0 Å². The number of aryl methyl sites for hydroxylation is 3. The molecular formula is C11H18N2. The average Bonchev–Trinajstić information content (AvgIpc) is 1.78. The number of hydrogen-bond acceptors (Lipinski definition) is 2. The van der Waals surface area contributed by atoms with Gasteiger partial charge in [-0.1, -0.05) is 20.8 Å². The van der Waals surface area contributed by atoms with E-state index in [2.05, 4.69) is 44.6 Å². The van der Waals surface area contributed by atoms with Gasteiger partial charge >= 0.3 is 0 Å². The third-order valence-electron chi connectivity index (χ3n) is 2.13. The third-order valence-corrected chi connectivity index (χ3v) is 2.13. The first-order chi connectivity index (χ1) is 5.82. The zero-order valence-electron chi connectivity index (χ0n) is 9.39. The van der Waals surface area contributed by atoms with Gasteiger partial charge in [0.05, 0.1) is 0 Å². The predicted octanol–water partition coefficient (Wildman–Crippen LogP) is 2.70. The molecule has 0 fully saturated rings. The van der Waals surface area contributed by atoms with Gasteiger partial charge in [0.2, 0.25) is 0 Å². The second-order valence-electron chi connectivity index (χ2n) is 4.57. The van der Waals surface area contributed by atoms with Gasteiger partial charge in [-0.15, -0.1) is 0 Å². The Morgan fingerprint density at radius 1 is 0.846 bits per heavy atom. The fourth-order valence-corrected chi connectivity index (χ4v) is 1.97. The molecule has 0 radical (unpaired) electrons. The van der Waals surface area contributed by atoms with Gasteiger partial charge in [-0.2, -0.15) is 0 Å². The van der Waals surface area contributed by atoms with E-state index >= 15 is 0 Å². The second kappa shape index (κ2) is 3.09. The molecule has 0 aliphatic carbocycles. The van der Waals surface area contributed by atoms with Crippen molar-refractivity contribution >= 4 is 0 Å². The number of nitrogens with zero attached hydrogens (tertiary/aromatic N) is 2. The van der Waals surface area contributed by atoms with Crippen LogP contribution in [0.5, 0.6) is 0 Å². The fraction of sp³-hybridized carbons (Fsp3) is 0.636. The largest absolute Gasteiger partial charge is 0.238 e. The Kier molecular flexibility index (Phi) is 2.42. The Balaban J connectivity index is 3.38. The molecule has 2 nitrogen and oxygen atoms in total. The first-order valence-corrected chi connectivity index (χ1v) is 4.64. The van der Waals surface area contributed by atoms with E-state index in [4.69, 9.17) is 0 Å². The molecule has 1 rings (SSSR count). The third kappa shape index (κ3) is 2.06. The lowest BCUT2D eigenvalue weighted by molar-refractivity contribution is 0.571. The van der Waals surface area contributed by atoms with Crippen LogP contribution in [0, 0.1) is 20.8 Å². The van der Waals surface area contributed by atoms with Crippen LogP contribution in [0.2, 0.25) is 0 Å². The van der Waals surface area contributed by atoms with Crippen LogP contribution in [-0.4, -0.2) is 9.97 Å². The molecule has 0 unspecified atom stereocenters. The van der Waals surface area contributed by atoms with E-state index in [1.807, 2.05) is 6.92 Å². The molecule has 0 N–H and O–H groups in total. The Morgan fingerprint density at radius 2 is 1.23 bits per heavy atom. The predicted molar refractivity (Wildman–Crippen MR) is 54.9 cm³/mol. The van der Waals surface area contributed by atoms with Gasteiger partial charge in [-0.3, -0.25) is 0 Å². The van der Waals surface area contributed by atoms with Crippen molar-refractivity contribution < 1.29 is 0 Å². The molecule has 0 aromatic carbocycles. The fourth-order valence-electron chi connectivity index (χ4n) is 1.97. The lowest BCUT2D eigenvalue weighted by atomic mass is 9.85. The highest BCUT2D eigenvalue weighted by Gasteiger charge is 2.20. The van der Waals surface area contributed by atoms with Gasteiger partial charge in [0, 0.05) is 11.4 Å². The van der Waals surface area contributed by atoms with Crippen molar-refractivity contribution in [3.63, 3.8) is 0 Å². The maximum absolute atomic E-state index is 4.39. The van der Waals surface area contributed by atoms with E-state index in [1.54, 1.807) is 0 Å². The molecule has 2 heteroatoms. The van der Waals surface area contributed by atoms with Crippen molar-refractivity contribution in [2.75, 3.05) is 0 Å². The van der Waals surface area contributed by atoms with Crippen molar-refractivity contribution in [1.29, 1.82) is 0 Å². The first-order valence-electron chi connectivity index (χ1n) is 4.64. The maximum atomic E-state index is 4.39. The summed E-state index contributed by atoms with van der Waals surface area (Å²) < 4.78 is 0. The standard InChI is InChI=1S/C11H18N2/c1-7-10(11(4,5)6)8(2)13-9(3)12-7/h1-6H3. The molecule has 0 bridgehead atoms. The van der Waals surface area contributed by atoms with Crippen LogP contribution in [0.4, 0.5) is 0 Å². The van der Waals surface area contributed by atoms with Gasteiger partial charge in [0.15, 0.2) is 0 Å². The number of aromatic nitrogens is 2. The summed E-state index contributed by atoms with van der Waals surface area (Å²) in [6.45, 7) is 12.6. The Labute approximate surface area is 80.4 Å². The van der Waals surface area contributed by atoms with Crippen molar-refractivity contribution in [1.82, 2.24) is 9.97 Å². The highest BCUT2D eigenvalue weighted by molar-refractivity contribution is 5.30. The van der Waals surface area contributed by atoms with Crippen molar-refractivity contribution in [2.45, 2.75) is 47.0 Å².